The predicted octanol–water partition coefficient (Wildman–Crippen LogP) is 2.73. The first kappa shape index (κ1) is 12.8. The Morgan fingerprint density at radius 3 is 2.63 bits per heavy atom. The van der Waals surface area contributed by atoms with Crippen molar-refractivity contribution in [2.24, 2.45) is 0 Å². The summed E-state index contributed by atoms with van der Waals surface area (Å²) in [5.41, 5.74) is 1.78. The average Bonchev–Trinajstić information content (AvgIpc) is 2.39. The topological polar surface area (TPSA) is 79.3 Å². The molecule has 0 atom stereocenters. The lowest BCUT2D eigenvalue weighted by Crippen LogP contribution is -2.02. The molecule has 1 aromatic heterocycles. The van der Waals surface area contributed by atoms with Gasteiger partial charge in [0.05, 0.1) is 17.4 Å². The van der Waals surface area contributed by atoms with Gasteiger partial charge in [-0.2, -0.15) is 0 Å². The Morgan fingerprint density at radius 2 is 1.95 bits per heavy atom. The number of aromatic carboxylic acids is 1. The fourth-order valence-electron chi connectivity index (χ4n) is 1.68. The summed E-state index contributed by atoms with van der Waals surface area (Å²) in [6.07, 6.45) is 2.77. The van der Waals surface area contributed by atoms with Gasteiger partial charge in [0.15, 0.2) is 5.78 Å². The van der Waals surface area contributed by atoms with Crippen molar-refractivity contribution in [1.29, 1.82) is 0 Å². The molecule has 96 valence electrons. The fraction of sp³-hybridized carbons (Fsp3) is 0.0714. The van der Waals surface area contributed by atoms with Crippen LogP contribution in [0, 0.1) is 0 Å². The van der Waals surface area contributed by atoms with Gasteiger partial charge in [-0.05, 0) is 25.1 Å². The molecule has 0 aliphatic carbocycles. The number of anilines is 2. The standard InChI is InChI=1S/C14H12N2O3/c1-9(17)12-4-2-3-5-13(12)16-11-6-10(14(18)19)7-15-8-11/h2-8,16H,1H3,(H,18,19). The molecule has 2 rings (SSSR count). The van der Waals surface area contributed by atoms with Gasteiger partial charge < -0.3 is 10.4 Å². The third kappa shape index (κ3) is 2.95. The number of aromatic nitrogens is 1. The predicted molar refractivity (Wildman–Crippen MR) is 70.9 cm³/mol. The molecule has 0 saturated carbocycles. The molecule has 0 amide bonds. The Hall–Kier alpha value is -2.69. The molecule has 19 heavy (non-hydrogen) atoms. The highest BCUT2D eigenvalue weighted by molar-refractivity contribution is 6.00. The number of hydrogen-bond acceptors (Lipinski definition) is 4. The summed E-state index contributed by atoms with van der Waals surface area (Å²) >= 11 is 0. The second kappa shape index (κ2) is 5.30. The fourth-order valence-corrected chi connectivity index (χ4v) is 1.68. The molecular weight excluding hydrogens is 244 g/mol. The number of hydrogen-bond donors (Lipinski definition) is 2. The maximum absolute atomic E-state index is 11.5. The van der Waals surface area contributed by atoms with Gasteiger partial charge >= 0.3 is 5.97 Å². The zero-order valence-electron chi connectivity index (χ0n) is 10.3. The van der Waals surface area contributed by atoms with Crippen LogP contribution in [0.15, 0.2) is 42.7 Å². The van der Waals surface area contributed by atoms with Crippen molar-refractivity contribution in [3.05, 3.63) is 53.9 Å². The highest BCUT2D eigenvalue weighted by Gasteiger charge is 2.08. The van der Waals surface area contributed by atoms with E-state index < -0.39 is 5.97 Å². The van der Waals surface area contributed by atoms with Crippen molar-refractivity contribution in [2.45, 2.75) is 6.92 Å². The van der Waals surface area contributed by atoms with E-state index in [1.54, 1.807) is 24.3 Å². The number of ketones is 1. The monoisotopic (exact) mass is 256 g/mol. The molecule has 0 aliphatic rings. The van der Waals surface area contributed by atoms with E-state index in [2.05, 4.69) is 10.3 Å². The lowest BCUT2D eigenvalue weighted by Gasteiger charge is -2.10. The van der Waals surface area contributed by atoms with Crippen LogP contribution in [0.1, 0.15) is 27.6 Å². The molecule has 2 N–H and O–H groups in total. The molecule has 0 unspecified atom stereocenters. The van der Waals surface area contributed by atoms with Crippen molar-refractivity contribution in [3.8, 4) is 0 Å². The van der Waals surface area contributed by atoms with E-state index in [0.717, 1.165) is 0 Å². The Morgan fingerprint density at radius 1 is 1.21 bits per heavy atom. The normalized spacial score (nSPS) is 9.95. The molecule has 0 fully saturated rings. The number of nitrogens with zero attached hydrogens (tertiary/aromatic N) is 1. The first-order chi connectivity index (χ1) is 9.08. The van der Waals surface area contributed by atoms with Crippen molar-refractivity contribution < 1.29 is 14.7 Å². The van der Waals surface area contributed by atoms with Crippen LogP contribution in [0.3, 0.4) is 0 Å². The van der Waals surface area contributed by atoms with Crippen molar-refractivity contribution in [1.82, 2.24) is 4.98 Å². The molecule has 1 aromatic carbocycles. The first-order valence-corrected chi connectivity index (χ1v) is 5.63. The molecule has 0 spiro atoms. The largest absolute Gasteiger partial charge is 0.478 e. The SMILES string of the molecule is CC(=O)c1ccccc1Nc1cncc(C(=O)O)c1. The Bertz CT molecular complexity index is 638. The number of rotatable bonds is 4. The number of Topliss-reactive ketones (excluding diaryl/α,β-unsaturated/α-hetero) is 1. The summed E-state index contributed by atoms with van der Waals surface area (Å²) in [6, 6.07) is 8.49. The van der Waals surface area contributed by atoms with Crippen molar-refractivity contribution >= 4 is 23.1 Å². The van der Waals surface area contributed by atoms with Crippen molar-refractivity contribution in [3.63, 3.8) is 0 Å². The number of nitrogens with one attached hydrogen (secondary N) is 1. The van der Waals surface area contributed by atoms with Gasteiger partial charge in [0, 0.05) is 17.4 Å². The van der Waals surface area contributed by atoms with E-state index in [9.17, 15) is 9.59 Å². The number of benzene rings is 1. The highest BCUT2D eigenvalue weighted by Crippen LogP contribution is 2.21. The van der Waals surface area contributed by atoms with Crippen LogP contribution in [0.2, 0.25) is 0 Å². The second-order valence-electron chi connectivity index (χ2n) is 3.99. The zero-order chi connectivity index (χ0) is 13.8. The summed E-state index contributed by atoms with van der Waals surface area (Å²) in [5, 5.41) is 11.9. The van der Waals surface area contributed by atoms with Gasteiger partial charge in [-0.1, -0.05) is 12.1 Å². The quantitative estimate of drug-likeness (QED) is 0.822. The smallest absolute Gasteiger partial charge is 0.337 e. The molecule has 2 aromatic rings. The number of carboxylic acids is 1. The van der Waals surface area contributed by atoms with E-state index in [-0.39, 0.29) is 11.3 Å². The number of carbonyl (C=O) groups excluding carboxylic acids is 1. The van der Waals surface area contributed by atoms with Crippen LogP contribution in [-0.4, -0.2) is 21.8 Å². The average molecular weight is 256 g/mol. The summed E-state index contributed by atoms with van der Waals surface area (Å²) in [7, 11) is 0. The lowest BCUT2D eigenvalue weighted by molar-refractivity contribution is 0.0696. The number of carboxylic acid groups (broad SMARTS) is 1. The van der Waals surface area contributed by atoms with Crippen molar-refractivity contribution in [2.75, 3.05) is 5.32 Å². The van der Waals surface area contributed by atoms with Crippen LogP contribution in [0.25, 0.3) is 0 Å². The molecular formula is C14H12N2O3. The number of pyridine rings is 1. The molecule has 5 heteroatoms. The minimum absolute atomic E-state index is 0.0644. The molecule has 5 nitrogen and oxygen atoms in total. The lowest BCUT2D eigenvalue weighted by atomic mass is 10.1. The molecule has 0 aliphatic heterocycles. The van der Waals surface area contributed by atoms with E-state index >= 15 is 0 Å². The van der Waals surface area contributed by atoms with E-state index in [1.807, 2.05) is 0 Å². The first-order valence-electron chi connectivity index (χ1n) is 5.63. The minimum atomic E-state index is -1.05. The Kier molecular flexibility index (Phi) is 3.56. The van der Waals surface area contributed by atoms with Gasteiger partial charge in [0.2, 0.25) is 0 Å². The Labute approximate surface area is 109 Å². The number of carbonyl (C=O) groups is 2. The second-order valence-corrected chi connectivity index (χ2v) is 3.99. The third-order valence-corrected chi connectivity index (χ3v) is 2.57. The highest BCUT2D eigenvalue weighted by atomic mass is 16.4. The summed E-state index contributed by atoms with van der Waals surface area (Å²) < 4.78 is 0. The summed E-state index contributed by atoms with van der Waals surface area (Å²) in [5.74, 6) is -1.11. The van der Waals surface area contributed by atoms with E-state index in [1.165, 1.54) is 25.4 Å². The molecule has 1 heterocycles. The van der Waals surface area contributed by atoms with E-state index in [0.29, 0.717) is 16.9 Å². The maximum Gasteiger partial charge on any atom is 0.337 e. The van der Waals surface area contributed by atoms with Gasteiger partial charge in [0.1, 0.15) is 0 Å². The Balaban J connectivity index is 2.34. The molecule has 0 radical (unpaired) electrons. The zero-order valence-corrected chi connectivity index (χ0v) is 10.3. The minimum Gasteiger partial charge on any atom is -0.478 e. The third-order valence-electron chi connectivity index (χ3n) is 2.57. The maximum atomic E-state index is 11.5. The van der Waals surface area contributed by atoms with Gasteiger partial charge in [0.25, 0.3) is 0 Å². The number of para-hydroxylation sites is 1. The van der Waals surface area contributed by atoms with Gasteiger partial charge in [-0.3, -0.25) is 9.78 Å². The van der Waals surface area contributed by atoms with E-state index in [4.69, 9.17) is 5.11 Å². The van der Waals surface area contributed by atoms with Crippen LogP contribution >= 0.6 is 0 Å². The van der Waals surface area contributed by atoms with Crippen LogP contribution in [0.4, 0.5) is 11.4 Å². The van der Waals surface area contributed by atoms with Crippen LogP contribution in [-0.2, 0) is 0 Å². The van der Waals surface area contributed by atoms with Crippen LogP contribution < -0.4 is 5.32 Å². The molecule has 0 saturated heterocycles. The van der Waals surface area contributed by atoms with Gasteiger partial charge in [-0.25, -0.2) is 4.79 Å². The molecule has 0 bridgehead atoms. The summed E-state index contributed by atoms with van der Waals surface area (Å²) in [4.78, 5) is 26.2. The van der Waals surface area contributed by atoms with Crippen LogP contribution in [0.5, 0.6) is 0 Å². The van der Waals surface area contributed by atoms with Gasteiger partial charge in [-0.15, -0.1) is 0 Å². The summed E-state index contributed by atoms with van der Waals surface area (Å²) in [6.45, 7) is 1.48.